The summed E-state index contributed by atoms with van der Waals surface area (Å²) in [5, 5.41) is 7.55. The molecule has 0 radical (unpaired) electrons. The quantitative estimate of drug-likeness (QED) is 0.0838. The van der Waals surface area contributed by atoms with Gasteiger partial charge in [-0.15, -0.1) is 0 Å². The minimum atomic E-state index is -0.945. The smallest absolute Gasteiger partial charge is 0.407 e. The molecule has 0 spiro atoms. The predicted octanol–water partition coefficient (Wildman–Crippen LogP) is 7.81. The summed E-state index contributed by atoms with van der Waals surface area (Å²) in [5.74, 6) is 1.00. The first kappa shape index (κ1) is 46.3. The van der Waals surface area contributed by atoms with E-state index in [0.717, 1.165) is 57.9 Å². The average Bonchev–Trinajstić information content (AvgIpc) is 4.22. The zero-order valence-corrected chi connectivity index (χ0v) is 39.5. The summed E-state index contributed by atoms with van der Waals surface area (Å²) >= 11 is 0. The van der Waals surface area contributed by atoms with Gasteiger partial charge >= 0.3 is 12.2 Å². The number of ether oxygens (including phenoxy) is 4. The van der Waals surface area contributed by atoms with Gasteiger partial charge in [0.2, 0.25) is 5.91 Å². The van der Waals surface area contributed by atoms with Gasteiger partial charge in [-0.2, -0.15) is 0 Å². The highest BCUT2D eigenvalue weighted by atomic mass is 16.5. The van der Waals surface area contributed by atoms with Crippen molar-refractivity contribution in [1.82, 2.24) is 40.4 Å². The van der Waals surface area contributed by atoms with Gasteiger partial charge < -0.3 is 49.3 Å². The molecule has 0 unspecified atom stereocenters. The van der Waals surface area contributed by atoms with Crippen LogP contribution in [0.5, 0.6) is 0 Å². The Hall–Kier alpha value is -6.78. The van der Waals surface area contributed by atoms with Crippen molar-refractivity contribution in [2.24, 2.45) is 17.8 Å². The second-order valence-electron chi connectivity index (χ2n) is 18.6. The molecule has 16 nitrogen and oxygen atoms in total. The number of H-pyrrole nitrogens is 2. The number of nitrogens with one attached hydrogen (secondary N) is 4. The number of nitrogens with zero attached hydrogens (tertiary/aromatic N) is 4. The number of rotatable bonds is 14. The van der Waals surface area contributed by atoms with Crippen LogP contribution in [0, 0.1) is 17.8 Å². The molecule has 2 fully saturated rings. The van der Waals surface area contributed by atoms with Crippen LogP contribution in [0.15, 0.2) is 79.0 Å². The fraction of sp³-hybridized carbons (Fsp3) is 0.423. The predicted molar refractivity (Wildman–Crippen MR) is 256 cm³/mol. The van der Waals surface area contributed by atoms with Gasteiger partial charge in [-0.1, -0.05) is 74.5 Å². The fourth-order valence-corrected chi connectivity index (χ4v) is 10.7. The van der Waals surface area contributed by atoms with Crippen molar-refractivity contribution in [3.63, 3.8) is 0 Å². The summed E-state index contributed by atoms with van der Waals surface area (Å²) in [6.45, 7) is 5.74. The summed E-state index contributed by atoms with van der Waals surface area (Å²) in [5.41, 5.74) is 9.28. The Kier molecular flexibility index (Phi) is 13.5. The molecule has 0 saturated carbocycles. The van der Waals surface area contributed by atoms with E-state index in [-0.39, 0.29) is 41.7 Å². The van der Waals surface area contributed by atoms with Crippen LogP contribution in [0.1, 0.15) is 79.6 Å². The summed E-state index contributed by atoms with van der Waals surface area (Å²) in [6, 6.07) is 21.9. The van der Waals surface area contributed by atoms with E-state index < -0.39 is 24.3 Å². The molecule has 16 heteroatoms. The Bertz CT molecular complexity index is 2820. The molecule has 1 aliphatic carbocycles. The Labute approximate surface area is 395 Å². The fourth-order valence-electron chi connectivity index (χ4n) is 10.7. The number of alkyl carbamates (subject to hydrolysis) is 2. The summed E-state index contributed by atoms with van der Waals surface area (Å²) < 4.78 is 20.8. The van der Waals surface area contributed by atoms with Crippen molar-refractivity contribution >= 4 is 45.8 Å². The molecule has 6 atom stereocenters. The van der Waals surface area contributed by atoms with E-state index in [1.54, 1.807) is 14.2 Å². The highest BCUT2D eigenvalue weighted by Crippen LogP contribution is 2.42. The van der Waals surface area contributed by atoms with Crippen LogP contribution in [-0.4, -0.2) is 115 Å². The van der Waals surface area contributed by atoms with Gasteiger partial charge in [-0.05, 0) is 83.4 Å². The van der Waals surface area contributed by atoms with Gasteiger partial charge in [-0.3, -0.25) is 9.59 Å². The first-order valence-electron chi connectivity index (χ1n) is 23.5. The van der Waals surface area contributed by atoms with Crippen LogP contribution in [0.3, 0.4) is 0 Å². The second kappa shape index (κ2) is 19.8. The number of methoxy groups -OCH3 is 4. The molecule has 4 aromatic carbocycles. The topological polar surface area (TPSA) is 193 Å². The molecule has 2 aliphatic heterocycles. The zero-order chi connectivity index (χ0) is 47.6. The molecule has 68 heavy (non-hydrogen) atoms. The van der Waals surface area contributed by atoms with Crippen molar-refractivity contribution in [2.75, 3.05) is 54.7 Å². The van der Waals surface area contributed by atoms with Crippen LogP contribution in [0.2, 0.25) is 0 Å². The lowest BCUT2D eigenvalue weighted by Gasteiger charge is -2.30. The minimum Gasteiger partial charge on any atom is -0.453 e. The third kappa shape index (κ3) is 9.01. The van der Waals surface area contributed by atoms with Gasteiger partial charge in [0, 0.05) is 50.1 Å². The Morgan fingerprint density at radius 2 is 1.38 bits per heavy atom. The van der Waals surface area contributed by atoms with Crippen LogP contribution >= 0.6 is 0 Å². The number of likely N-dealkylation sites (tertiary alicyclic amines) is 2. The summed E-state index contributed by atoms with van der Waals surface area (Å²) in [4.78, 5) is 74.1. The first-order chi connectivity index (χ1) is 33.0. The molecule has 4 amide bonds. The van der Waals surface area contributed by atoms with Crippen LogP contribution in [0.4, 0.5) is 9.59 Å². The molecule has 3 aliphatic rings. The summed E-state index contributed by atoms with van der Waals surface area (Å²) in [7, 11) is 5.91. The highest BCUT2D eigenvalue weighted by Gasteiger charge is 2.43. The third-order valence-electron chi connectivity index (χ3n) is 14.0. The Morgan fingerprint density at radius 1 is 0.735 bits per heavy atom. The van der Waals surface area contributed by atoms with E-state index in [1.165, 1.54) is 30.9 Å². The van der Waals surface area contributed by atoms with Crippen molar-refractivity contribution in [2.45, 2.75) is 70.1 Å². The minimum absolute atomic E-state index is 0.0717. The second-order valence-corrected chi connectivity index (χ2v) is 18.6. The number of imidazole rings is 2. The van der Waals surface area contributed by atoms with E-state index in [9.17, 15) is 19.2 Å². The lowest BCUT2D eigenvalue weighted by molar-refractivity contribution is -0.136. The van der Waals surface area contributed by atoms with Crippen LogP contribution in [0.25, 0.3) is 44.2 Å². The maximum atomic E-state index is 14.4. The van der Waals surface area contributed by atoms with Crippen molar-refractivity contribution in [3.8, 4) is 22.4 Å². The van der Waals surface area contributed by atoms with E-state index in [4.69, 9.17) is 28.9 Å². The Balaban J connectivity index is 0.992. The van der Waals surface area contributed by atoms with E-state index >= 15 is 0 Å². The highest BCUT2D eigenvalue weighted by molar-refractivity contribution is 6.05. The molecular weight excluding hydrogens is 865 g/mol. The maximum absolute atomic E-state index is 14.4. The van der Waals surface area contributed by atoms with Gasteiger partial charge in [0.25, 0.3) is 5.91 Å². The number of carbonyl (C=O) groups is 4. The van der Waals surface area contributed by atoms with Gasteiger partial charge in [0.15, 0.2) is 0 Å². The Morgan fingerprint density at radius 3 is 2.06 bits per heavy atom. The van der Waals surface area contributed by atoms with Crippen LogP contribution < -0.4 is 10.6 Å². The molecule has 2 saturated heterocycles. The average molecular weight is 925 g/mol. The lowest BCUT2D eigenvalue weighted by atomic mass is 9.91. The lowest BCUT2D eigenvalue weighted by Crippen LogP contribution is -2.51. The van der Waals surface area contributed by atoms with Crippen molar-refractivity contribution in [3.05, 3.63) is 107 Å². The molecule has 6 aromatic rings. The van der Waals surface area contributed by atoms with Crippen molar-refractivity contribution < 1.29 is 38.1 Å². The van der Waals surface area contributed by atoms with Crippen molar-refractivity contribution in [1.29, 1.82) is 0 Å². The molecule has 0 bridgehead atoms. The number of amides is 4. The number of aromatic nitrogens is 4. The van der Waals surface area contributed by atoms with Gasteiger partial charge in [0.05, 0.1) is 62.4 Å². The number of carbonyl (C=O) groups excluding carboxylic acids is 4. The summed E-state index contributed by atoms with van der Waals surface area (Å²) in [6.07, 6.45) is 4.79. The van der Waals surface area contributed by atoms with E-state index in [2.05, 4.69) is 63.1 Å². The van der Waals surface area contributed by atoms with Crippen LogP contribution in [-0.2, 0) is 41.4 Å². The number of aromatic amines is 2. The first-order valence-corrected chi connectivity index (χ1v) is 23.5. The molecule has 9 rings (SSSR count). The SMILES string of the molecule is COC[C@H]1C[C@@H](c2ncc(-c3ccc(-c4ccc5c(ccc6[nH]c([C@@H]7C[C@H](COC)CN7C(=O)[C@H](NC(=O)OC)c7ccccc7)nc65)c4)c4c3CCC4)[nH]2)N(C(=O)[C@@H](NC(=O)OC)C(C)C)C1. The molecular formula is C52H60N8O8. The molecule has 356 valence electrons. The van der Waals surface area contributed by atoms with Gasteiger partial charge in [-0.25, -0.2) is 19.6 Å². The molecule has 4 N–H and O–H groups in total. The number of fused-ring (bicyclic) bond motifs is 4. The number of benzene rings is 4. The number of hydrogen-bond donors (Lipinski definition) is 4. The monoisotopic (exact) mass is 924 g/mol. The molecule has 2 aromatic heterocycles. The zero-order valence-electron chi connectivity index (χ0n) is 39.5. The van der Waals surface area contributed by atoms with E-state index in [0.29, 0.717) is 56.4 Å². The van der Waals surface area contributed by atoms with Gasteiger partial charge in [0.1, 0.15) is 23.7 Å². The molecule has 4 heterocycles. The van der Waals surface area contributed by atoms with E-state index in [1.807, 2.05) is 60.2 Å². The normalized spacial score (nSPS) is 19.9. The third-order valence-corrected chi connectivity index (χ3v) is 14.0. The number of hydrogen-bond acceptors (Lipinski definition) is 10. The standard InChI is InChI=1S/C52H60N8O8/c1-29(2)44(57-51(63)67-5)49(61)59-25-30(27-65-3)21-42(59)47-53-24-41(55-47)39-19-18-35(37-13-10-14-38(37)39)33-15-17-36-34(23-33)16-20-40-46(36)56-48(54-40)43-22-31(28-66-4)26-60(43)50(62)45(58-52(64)68-6)32-11-8-7-9-12-32/h7-9,11-12,15-20,23-24,29-31,42-45H,10,13-14,21-22,25-28H2,1-6H3,(H,53,55)(H,54,56)(H,57,63)(H,58,64)/t30-,31-,42-,43-,44-,45+/m0/s1. The maximum Gasteiger partial charge on any atom is 0.407 e. The largest absolute Gasteiger partial charge is 0.453 e.